The zero-order chi connectivity index (χ0) is 13.3. The third kappa shape index (κ3) is 2.45. The van der Waals surface area contributed by atoms with Gasteiger partial charge in [-0.05, 0) is 19.1 Å². The van der Waals surface area contributed by atoms with Gasteiger partial charge in [-0.25, -0.2) is 4.79 Å². The van der Waals surface area contributed by atoms with Crippen LogP contribution in [0.15, 0.2) is 18.3 Å². The van der Waals surface area contributed by atoms with E-state index >= 15 is 0 Å². The lowest BCUT2D eigenvalue weighted by Crippen LogP contribution is -2.39. The summed E-state index contributed by atoms with van der Waals surface area (Å²) in [5.74, 6) is -0.316. The van der Waals surface area contributed by atoms with Crippen molar-refractivity contribution in [1.82, 2.24) is 9.97 Å². The van der Waals surface area contributed by atoms with Gasteiger partial charge in [-0.2, -0.15) is 0 Å². The van der Waals surface area contributed by atoms with Gasteiger partial charge in [0.25, 0.3) is 0 Å². The fourth-order valence-electron chi connectivity index (χ4n) is 1.76. The van der Waals surface area contributed by atoms with E-state index in [1.54, 1.807) is 13.1 Å². The van der Waals surface area contributed by atoms with Crippen LogP contribution in [0.4, 0.5) is 0 Å². The Labute approximate surface area is 107 Å². The number of carbonyl (C=O) groups is 1. The molecule has 5 heteroatoms. The Morgan fingerprint density at radius 3 is 2.72 bits per heavy atom. The van der Waals surface area contributed by atoms with Crippen molar-refractivity contribution < 1.29 is 9.53 Å². The van der Waals surface area contributed by atoms with Crippen LogP contribution >= 0.6 is 0 Å². The molecule has 0 aliphatic heterocycles. The number of nitrogens with one attached hydrogen (secondary N) is 1. The molecule has 0 spiro atoms. The number of hydrogen-bond acceptors (Lipinski definition) is 3. The highest BCUT2D eigenvalue weighted by Gasteiger charge is 2.19. The summed E-state index contributed by atoms with van der Waals surface area (Å²) in [4.78, 5) is 19.1. The van der Waals surface area contributed by atoms with Crippen LogP contribution in [0, 0.1) is 0 Å². The van der Waals surface area contributed by atoms with E-state index in [2.05, 4.69) is 35.7 Å². The van der Waals surface area contributed by atoms with E-state index in [1.165, 1.54) is 0 Å². The van der Waals surface area contributed by atoms with Crippen molar-refractivity contribution in [1.29, 1.82) is 0 Å². The van der Waals surface area contributed by atoms with Crippen LogP contribution in [-0.2, 0) is 4.74 Å². The van der Waals surface area contributed by atoms with Crippen LogP contribution in [0.3, 0.4) is 0 Å². The number of ether oxygens (including phenoxy) is 1. The fourth-order valence-corrected chi connectivity index (χ4v) is 2.80. The van der Waals surface area contributed by atoms with Gasteiger partial charge in [-0.3, -0.25) is 4.98 Å². The summed E-state index contributed by atoms with van der Waals surface area (Å²) in [6, 6.07) is 3.90. The molecular weight excluding hydrogens is 244 g/mol. The lowest BCUT2D eigenvalue weighted by atomic mass is 10.3. The van der Waals surface area contributed by atoms with Crippen LogP contribution in [0.25, 0.3) is 10.9 Å². The molecule has 96 valence electrons. The number of H-pyrrole nitrogens is 1. The highest BCUT2D eigenvalue weighted by Crippen LogP contribution is 2.15. The number of fused-ring (bicyclic) bond motifs is 1. The van der Waals surface area contributed by atoms with E-state index in [-0.39, 0.29) is 5.97 Å². The summed E-state index contributed by atoms with van der Waals surface area (Å²) in [5, 5.41) is 2.16. The smallest absolute Gasteiger partial charge is 0.354 e. The highest BCUT2D eigenvalue weighted by atomic mass is 28.3. The molecule has 2 rings (SSSR count). The third-order valence-corrected chi connectivity index (χ3v) is 4.58. The molecule has 4 nitrogen and oxygen atoms in total. The van der Waals surface area contributed by atoms with Crippen molar-refractivity contribution in [3.05, 3.63) is 24.0 Å². The molecule has 0 atom stereocenters. The second-order valence-corrected chi connectivity index (χ2v) is 10.3. The number of nitrogens with zero attached hydrogens (tertiary/aromatic N) is 1. The summed E-state index contributed by atoms with van der Waals surface area (Å²) in [6.45, 7) is 8.93. The van der Waals surface area contributed by atoms with Crippen LogP contribution < -0.4 is 5.32 Å². The van der Waals surface area contributed by atoms with Crippen LogP contribution in [-0.4, -0.2) is 30.6 Å². The molecule has 0 amide bonds. The number of esters is 1. The maximum atomic E-state index is 11.6. The standard InChI is InChI=1S/C13H18N2O2Si/c1-5-17-13(16)10-6-9-7-12(18(2,3)4)14-8-11(9)15-10/h6-8,15H,5H2,1-4H3. The molecule has 0 aliphatic rings. The van der Waals surface area contributed by atoms with Crippen LogP contribution in [0.5, 0.6) is 0 Å². The number of pyridine rings is 1. The summed E-state index contributed by atoms with van der Waals surface area (Å²) in [6.07, 6.45) is 1.80. The zero-order valence-electron chi connectivity index (χ0n) is 11.2. The normalized spacial score (nSPS) is 11.8. The van der Waals surface area contributed by atoms with Crippen molar-refractivity contribution in [3.63, 3.8) is 0 Å². The van der Waals surface area contributed by atoms with E-state index in [0.717, 1.165) is 16.2 Å². The van der Waals surface area contributed by atoms with Crippen molar-refractivity contribution in [2.24, 2.45) is 0 Å². The molecule has 0 fully saturated rings. The molecule has 0 bridgehead atoms. The quantitative estimate of drug-likeness (QED) is 0.682. The maximum Gasteiger partial charge on any atom is 0.354 e. The second kappa shape index (κ2) is 4.57. The molecule has 0 saturated heterocycles. The molecular formula is C13H18N2O2Si. The number of aromatic amines is 1. The first kappa shape index (κ1) is 12.8. The van der Waals surface area contributed by atoms with Crippen molar-refractivity contribution in [2.75, 3.05) is 6.61 Å². The highest BCUT2D eigenvalue weighted by molar-refractivity contribution is 6.88. The summed E-state index contributed by atoms with van der Waals surface area (Å²) in [5.41, 5.74) is 1.36. The van der Waals surface area contributed by atoms with Crippen LogP contribution in [0.2, 0.25) is 19.6 Å². The first-order valence-corrected chi connectivity index (χ1v) is 9.58. The van der Waals surface area contributed by atoms with Gasteiger partial charge < -0.3 is 9.72 Å². The second-order valence-electron chi connectivity index (χ2n) is 5.31. The molecule has 0 unspecified atom stereocenters. The molecule has 0 saturated carbocycles. The molecule has 2 heterocycles. The monoisotopic (exact) mass is 262 g/mol. The zero-order valence-corrected chi connectivity index (χ0v) is 12.2. The Bertz CT molecular complexity index is 584. The largest absolute Gasteiger partial charge is 0.461 e. The topological polar surface area (TPSA) is 55.0 Å². The van der Waals surface area contributed by atoms with Gasteiger partial charge in [0.05, 0.1) is 18.3 Å². The lowest BCUT2D eigenvalue weighted by Gasteiger charge is -2.14. The summed E-state index contributed by atoms with van der Waals surface area (Å²) >= 11 is 0. The van der Waals surface area contributed by atoms with E-state index in [9.17, 15) is 4.79 Å². The van der Waals surface area contributed by atoms with Gasteiger partial charge in [0.1, 0.15) is 13.8 Å². The van der Waals surface area contributed by atoms with Gasteiger partial charge in [-0.15, -0.1) is 0 Å². The first-order chi connectivity index (χ1) is 8.41. The average Bonchev–Trinajstić information content (AvgIpc) is 2.70. The van der Waals surface area contributed by atoms with E-state index in [1.807, 2.05) is 6.07 Å². The van der Waals surface area contributed by atoms with Crippen LogP contribution in [0.1, 0.15) is 17.4 Å². The van der Waals surface area contributed by atoms with E-state index in [0.29, 0.717) is 12.3 Å². The Morgan fingerprint density at radius 1 is 1.39 bits per heavy atom. The molecule has 2 aromatic heterocycles. The van der Waals surface area contributed by atoms with Crippen molar-refractivity contribution in [3.8, 4) is 0 Å². The minimum atomic E-state index is -1.42. The number of carbonyl (C=O) groups excluding carboxylic acids is 1. The molecule has 1 N–H and O–H groups in total. The molecule has 0 radical (unpaired) electrons. The summed E-state index contributed by atoms with van der Waals surface area (Å²) < 4.78 is 4.97. The Morgan fingerprint density at radius 2 is 2.11 bits per heavy atom. The minimum Gasteiger partial charge on any atom is -0.461 e. The SMILES string of the molecule is CCOC(=O)c1cc2cc([Si](C)(C)C)ncc2[nH]1. The minimum absolute atomic E-state index is 0.316. The molecule has 0 aliphatic carbocycles. The number of rotatable bonds is 3. The number of aromatic nitrogens is 2. The Hall–Kier alpha value is -1.62. The Kier molecular flexibility index (Phi) is 3.25. The van der Waals surface area contributed by atoms with E-state index in [4.69, 9.17) is 4.74 Å². The molecule has 2 aromatic rings. The fraction of sp³-hybridized carbons (Fsp3) is 0.385. The maximum absolute atomic E-state index is 11.6. The van der Waals surface area contributed by atoms with Gasteiger partial charge in [0, 0.05) is 10.7 Å². The van der Waals surface area contributed by atoms with Gasteiger partial charge >= 0.3 is 5.97 Å². The molecule has 0 aromatic carbocycles. The third-order valence-electron chi connectivity index (χ3n) is 2.77. The lowest BCUT2D eigenvalue weighted by molar-refractivity contribution is 0.0520. The van der Waals surface area contributed by atoms with Gasteiger partial charge in [-0.1, -0.05) is 19.6 Å². The predicted octanol–water partition coefficient (Wildman–Crippen LogP) is 2.28. The predicted molar refractivity (Wildman–Crippen MR) is 75.0 cm³/mol. The van der Waals surface area contributed by atoms with E-state index < -0.39 is 8.07 Å². The Balaban J connectivity index is 2.43. The molecule has 18 heavy (non-hydrogen) atoms. The number of hydrogen-bond donors (Lipinski definition) is 1. The van der Waals surface area contributed by atoms with Gasteiger partial charge in [0.15, 0.2) is 0 Å². The van der Waals surface area contributed by atoms with Crippen molar-refractivity contribution in [2.45, 2.75) is 26.6 Å². The summed E-state index contributed by atoms with van der Waals surface area (Å²) in [7, 11) is -1.42. The first-order valence-electron chi connectivity index (χ1n) is 6.08. The van der Waals surface area contributed by atoms with Crippen molar-refractivity contribution >= 4 is 30.3 Å². The average molecular weight is 262 g/mol. The van der Waals surface area contributed by atoms with Gasteiger partial charge in [0.2, 0.25) is 0 Å².